The quantitative estimate of drug-likeness (QED) is 0.632. The Morgan fingerprint density at radius 1 is 1.17 bits per heavy atom. The average molecular weight is 223 g/mol. The molecule has 1 fully saturated rings. The summed E-state index contributed by atoms with van der Waals surface area (Å²) >= 11 is 3.66. The minimum atomic E-state index is 0.620. The largest absolute Gasteiger partial charge is 0.0609 e. The zero-order valence-electron chi connectivity index (χ0n) is 6.94. The molecule has 0 amide bonds. The van der Waals surface area contributed by atoms with E-state index in [0.717, 1.165) is 0 Å². The molecule has 0 unspecified atom stereocenters. The Kier molecular flexibility index (Phi) is 1.27. The first kappa shape index (κ1) is 7.14. The molecular weight excluding hydrogens is 212 g/mol. The van der Waals surface area contributed by atoms with Crippen LogP contribution in [0.5, 0.6) is 0 Å². The van der Waals surface area contributed by atoms with Crippen molar-refractivity contribution < 1.29 is 0 Å². The van der Waals surface area contributed by atoms with Gasteiger partial charge in [0, 0.05) is 4.47 Å². The van der Waals surface area contributed by atoms with Gasteiger partial charge in [-0.05, 0) is 48.3 Å². The molecule has 1 spiro atoms. The zero-order valence-corrected chi connectivity index (χ0v) is 8.52. The van der Waals surface area contributed by atoms with Crippen LogP contribution in [0.25, 0.3) is 0 Å². The van der Waals surface area contributed by atoms with Crippen LogP contribution in [-0.4, -0.2) is 0 Å². The van der Waals surface area contributed by atoms with Gasteiger partial charge >= 0.3 is 0 Å². The highest BCUT2D eigenvalue weighted by molar-refractivity contribution is 9.10. The molecule has 0 nitrogen and oxygen atoms in total. The fourth-order valence-corrected chi connectivity index (χ4v) is 3.35. The topological polar surface area (TPSA) is 0 Å². The van der Waals surface area contributed by atoms with Crippen molar-refractivity contribution in [2.75, 3.05) is 0 Å². The first-order valence-electron chi connectivity index (χ1n) is 4.60. The number of aryl methyl sites for hydroxylation is 1. The highest BCUT2D eigenvalue weighted by Crippen LogP contribution is 2.58. The van der Waals surface area contributed by atoms with E-state index in [1.54, 1.807) is 11.1 Å². The molecule has 1 aromatic rings. The molecule has 12 heavy (non-hydrogen) atoms. The summed E-state index contributed by atoms with van der Waals surface area (Å²) in [5, 5.41) is 0. The summed E-state index contributed by atoms with van der Waals surface area (Å²) in [6, 6.07) is 6.63. The molecule has 1 aromatic carbocycles. The van der Waals surface area contributed by atoms with Crippen LogP contribution >= 0.6 is 15.9 Å². The summed E-state index contributed by atoms with van der Waals surface area (Å²) in [6.07, 6.45) is 5.53. The van der Waals surface area contributed by atoms with Gasteiger partial charge in [0.05, 0.1) is 0 Å². The molecule has 0 saturated heterocycles. The van der Waals surface area contributed by atoms with E-state index < -0.39 is 0 Å². The fourth-order valence-electron chi connectivity index (χ4n) is 2.52. The third-order valence-corrected chi connectivity index (χ3v) is 4.02. The van der Waals surface area contributed by atoms with Gasteiger partial charge in [0.15, 0.2) is 0 Å². The molecule has 0 atom stereocenters. The second-order valence-electron chi connectivity index (χ2n) is 4.05. The van der Waals surface area contributed by atoms with Crippen LogP contribution in [0, 0.1) is 0 Å². The number of halogens is 1. The van der Waals surface area contributed by atoms with Gasteiger partial charge in [-0.3, -0.25) is 0 Å². The van der Waals surface area contributed by atoms with Crippen LogP contribution in [0.1, 0.15) is 30.4 Å². The number of benzene rings is 1. The standard InChI is InChI=1S/C11H11Br/c12-9-3-1-2-8-4-5-11(6-7-11)10(8)9/h1-3H,4-7H2. The lowest BCUT2D eigenvalue weighted by atomic mass is 9.99. The van der Waals surface area contributed by atoms with Gasteiger partial charge < -0.3 is 0 Å². The molecule has 1 heteroatoms. The van der Waals surface area contributed by atoms with Crippen molar-refractivity contribution in [2.45, 2.75) is 31.1 Å². The minimum absolute atomic E-state index is 0.620. The van der Waals surface area contributed by atoms with Crippen LogP contribution in [0.4, 0.5) is 0 Å². The molecule has 2 aliphatic carbocycles. The molecular formula is C11H11Br. The Hall–Kier alpha value is -0.300. The summed E-state index contributed by atoms with van der Waals surface area (Å²) in [5.41, 5.74) is 3.84. The first-order valence-corrected chi connectivity index (χ1v) is 5.39. The van der Waals surface area contributed by atoms with E-state index >= 15 is 0 Å². The molecule has 0 heterocycles. The van der Waals surface area contributed by atoms with E-state index in [-0.39, 0.29) is 0 Å². The van der Waals surface area contributed by atoms with Crippen LogP contribution in [0.15, 0.2) is 22.7 Å². The third kappa shape index (κ3) is 0.779. The number of rotatable bonds is 0. The molecule has 62 valence electrons. The van der Waals surface area contributed by atoms with E-state index in [2.05, 4.69) is 34.1 Å². The predicted octanol–water partition coefficient (Wildman–Crippen LogP) is 3.43. The van der Waals surface area contributed by atoms with Gasteiger partial charge in [0.2, 0.25) is 0 Å². The first-order chi connectivity index (χ1) is 5.82. The van der Waals surface area contributed by atoms with E-state index in [1.807, 2.05) is 0 Å². The van der Waals surface area contributed by atoms with Crippen molar-refractivity contribution in [3.05, 3.63) is 33.8 Å². The molecule has 0 bridgehead atoms. The Bertz CT molecular complexity index is 337. The molecule has 3 rings (SSSR count). The molecule has 0 N–H and O–H groups in total. The maximum Gasteiger partial charge on any atom is 0.0215 e. The second-order valence-corrected chi connectivity index (χ2v) is 4.91. The van der Waals surface area contributed by atoms with Gasteiger partial charge in [-0.15, -0.1) is 0 Å². The molecule has 0 radical (unpaired) electrons. The van der Waals surface area contributed by atoms with E-state index in [0.29, 0.717) is 5.41 Å². The maximum atomic E-state index is 3.66. The van der Waals surface area contributed by atoms with Crippen LogP contribution in [-0.2, 0) is 11.8 Å². The minimum Gasteiger partial charge on any atom is -0.0609 e. The van der Waals surface area contributed by atoms with Gasteiger partial charge in [-0.1, -0.05) is 28.1 Å². The lowest BCUT2D eigenvalue weighted by molar-refractivity contribution is 0.679. The number of hydrogen-bond donors (Lipinski definition) is 0. The lowest BCUT2D eigenvalue weighted by Gasteiger charge is -2.09. The lowest BCUT2D eigenvalue weighted by Crippen LogP contribution is -2.00. The normalized spacial score (nSPS) is 22.8. The van der Waals surface area contributed by atoms with Crippen LogP contribution in [0.3, 0.4) is 0 Å². The summed E-state index contributed by atoms with van der Waals surface area (Å²) in [5.74, 6) is 0. The Morgan fingerprint density at radius 2 is 2.00 bits per heavy atom. The van der Waals surface area contributed by atoms with Crippen LogP contribution < -0.4 is 0 Å². The van der Waals surface area contributed by atoms with E-state index in [4.69, 9.17) is 0 Å². The Balaban J connectivity index is 2.26. The average Bonchev–Trinajstić information content (AvgIpc) is 2.71. The van der Waals surface area contributed by atoms with Crippen molar-refractivity contribution in [1.29, 1.82) is 0 Å². The monoisotopic (exact) mass is 222 g/mol. The van der Waals surface area contributed by atoms with Crippen molar-refractivity contribution >= 4 is 15.9 Å². The van der Waals surface area contributed by atoms with E-state index in [9.17, 15) is 0 Å². The summed E-state index contributed by atoms with van der Waals surface area (Å²) < 4.78 is 1.34. The summed E-state index contributed by atoms with van der Waals surface area (Å²) in [6.45, 7) is 0. The molecule has 1 saturated carbocycles. The molecule has 2 aliphatic rings. The second kappa shape index (κ2) is 2.14. The SMILES string of the molecule is Brc1cccc2c1C1(CC2)CC1. The van der Waals surface area contributed by atoms with Crippen molar-refractivity contribution in [3.8, 4) is 0 Å². The predicted molar refractivity (Wildman–Crippen MR) is 53.4 cm³/mol. The van der Waals surface area contributed by atoms with Crippen molar-refractivity contribution in [2.24, 2.45) is 0 Å². The highest BCUT2D eigenvalue weighted by Gasteiger charge is 2.49. The summed E-state index contributed by atoms with van der Waals surface area (Å²) in [7, 11) is 0. The smallest absolute Gasteiger partial charge is 0.0215 e. The zero-order chi connectivity index (χ0) is 8.18. The third-order valence-electron chi connectivity index (χ3n) is 3.36. The Labute approximate surface area is 81.1 Å². The Morgan fingerprint density at radius 3 is 2.75 bits per heavy atom. The van der Waals surface area contributed by atoms with Crippen molar-refractivity contribution in [1.82, 2.24) is 0 Å². The van der Waals surface area contributed by atoms with E-state index in [1.165, 1.54) is 30.2 Å². The van der Waals surface area contributed by atoms with Gasteiger partial charge in [-0.25, -0.2) is 0 Å². The van der Waals surface area contributed by atoms with Gasteiger partial charge in [0.25, 0.3) is 0 Å². The highest BCUT2D eigenvalue weighted by atomic mass is 79.9. The maximum absolute atomic E-state index is 3.66. The molecule has 0 aromatic heterocycles. The number of fused-ring (bicyclic) bond motifs is 2. The van der Waals surface area contributed by atoms with Crippen molar-refractivity contribution in [3.63, 3.8) is 0 Å². The molecule has 0 aliphatic heterocycles. The summed E-state index contributed by atoms with van der Waals surface area (Å²) in [4.78, 5) is 0. The van der Waals surface area contributed by atoms with Crippen LogP contribution in [0.2, 0.25) is 0 Å². The number of hydrogen-bond acceptors (Lipinski definition) is 0. The fraction of sp³-hybridized carbons (Fsp3) is 0.455. The van der Waals surface area contributed by atoms with Gasteiger partial charge in [-0.2, -0.15) is 0 Å². The van der Waals surface area contributed by atoms with Gasteiger partial charge in [0.1, 0.15) is 0 Å².